The quantitative estimate of drug-likeness (QED) is 0.676. The van der Waals surface area contributed by atoms with E-state index in [1.807, 2.05) is 6.92 Å². The lowest BCUT2D eigenvalue weighted by molar-refractivity contribution is 0.102. The predicted molar refractivity (Wildman–Crippen MR) is 58.9 cm³/mol. The van der Waals surface area contributed by atoms with Crippen LogP contribution >= 0.6 is 0 Å². The molecule has 0 aliphatic carbocycles. The summed E-state index contributed by atoms with van der Waals surface area (Å²) in [7, 11) is 1.80. The average Bonchev–Trinajstić information content (AvgIpc) is 2.79. The third kappa shape index (κ3) is 1.74. The summed E-state index contributed by atoms with van der Waals surface area (Å²) in [6.45, 7) is 1.87. The zero-order valence-electron chi connectivity index (χ0n) is 8.98. The summed E-state index contributed by atoms with van der Waals surface area (Å²) < 4.78 is 1.68. The number of carbonyl (C=O) groups is 1. The van der Waals surface area contributed by atoms with Crippen LogP contribution in [0.5, 0.6) is 0 Å². The zero-order valence-corrected chi connectivity index (χ0v) is 8.98. The maximum Gasteiger partial charge on any atom is 0.273 e. The van der Waals surface area contributed by atoms with Crippen molar-refractivity contribution in [3.8, 4) is 0 Å². The Bertz CT molecular complexity index is 526. The third-order valence-electron chi connectivity index (χ3n) is 2.33. The van der Waals surface area contributed by atoms with Gasteiger partial charge in [-0.1, -0.05) is 0 Å². The molecule has 0 aliphatic rings. The molecule has 2 rings (SSSR count). The monoisotopic (exact) mass is 220 g/mol. The molecule has 0 saturated carbocycles. The van der Waals surface area contributed by atoms with Crippen LogP contribution in [0, 0.1) is 6.92 Å². The van der Waals surface area contributed by atoms with Crippen molar-refractivity contribution in [3.05, 3.63) is 23.7 Å². The fraction of sp³-hybridized carbons (Fsp3) is 0.222. The van der Waals surface area contributed by atoms with Gasteiger partial charge in [0.15, 0.2) is 0 Å². The molecule has 0 fully saturated rings. The van der Waals surface area contributed by atoms with Gasteiger partial charge in [0.2, 0.25) is 0 Å². The highest BCUT2D eigenvalue weighted by Gasteiger charge is 2.11. The molecular formula is C9H12N6O. The fourth-order valence-electron chi connectivity index (χ4n) is 1.26. The molecule has 0 unspecified atom stereocenters. The number of rotatable bonds is 2. The van der Waals surface area contributed by atoms with E-state index in [0.717, 1.165) is 5.69 Å². The molecule has 2 aromatic heterocycles. The highest BCUT2D eigenvalue weighted by molar-refractivity contribution is 6.03. The van der Waals surface area contributed by atoms with Crippen LogP contribution in [-0.4, -0.2) is 25.9 Å². The van der Waals surface area contributed by atoms with Crippen molar-refractivity contribution in [3.63, 3.8) is 0 Å². The maximum absolute atomic E-state index is 11.7. The second-order valence-corrected chi connectivity index (χ2v) is 3.43. The minimum absolute atomic E-state index is 0.285. The van der Waals surface area contributed by atoms with Crippen molar-refractivity contribution < 1.29 is 4.79 Å². The third-order valence-corrected chi connectivity index (χ3v) is 2.33. The lowest BCUT2D eigenvalue weighted by Gasteiger charge is -2.01. The number of hydrogen-bond acceptors (Lipinski definition) is 4. The molecule has 0 atom stereocenters. The van der Waals surface area contributed by atoms with E-state index in [-0.39, 0.29) is 11.7 Å². The first-order chi connectivity index (χ1) is 7.58. The first-order valence-corrected chi connectivity index (χ1v) is 4.69. The molecular weight excluding hydrogens is 208 g/mol. The molecule has 16 heavy (non-hydrogen) atoms. The summed E-state index contributed by atoms with van der Waals surface area (Å²) in [6.07, 6.45) is 1.59. The van der Waals surface area contributed by atoms with Gasteiger partial charge in [0.25, 0.3) is 5.91 Å². The number of aromatic nitrogens is 4. The zero-order chi connectivity index (χ0) is 11.7. The first-order valence-electron chi connectivity index (χ1n) is 4.69. The summed E-state index contributed by atoms with van der Waals surface area (Å²) in [4.78, 5) is 11.7. The van der Waals surface area contributed by atoms with Crippen molar-refractivity contribution in [1.29, 1.82) is 0 Å². The van der Waals surface area contributed by atoms with Crippen molar-refractivity contribution in [2.45, 2.75) is 6.92 Å². The number of nitrogen functional groups attached to an aromatic ring is 1. The SMILES string of the molecule is Cc1c(NC(=O)c2cc(N)n[nH]2)cnn1C. The summed E-state index contributed by atoms with van der Waals surface area (Å²) >= 11 is 0. The molecule has 0 spiro atoms. The molecule has 0 radical (unpaired) electrons. The number of nitrogens with two attached hydrogens (primary N) is 1. The minimum Gasteiger partial charge on any atom is -0.382 e. The molecule has 84 valence electrons. The van der Waals surface area contributed by atoms with Gasteiger partial charge in [-0.3, -0.25) is 14.6 Å². The Labute approximate surface area is 91.6 Å². The number of nitrogens with one attached hydrogen (secondary N) is 2. The smallest absolute Gasteiger partial charge is 0.273 e. The molecule has 2 heterocycles. The molecule has 7 heteroatoms. The maximum atomic E-state index is 11.7. The average molecular weight is 220 g/mol. The van der Waals surface area contributed by atoms with Gasteiger partial charge in [0.1, 0.15) is 11.5 Å². The normalized spacial score (nSPS) is 10.4. The van der Waals surface area contributed by atoms with Crippen LogP contribution in [0.2, 0.25) is 0 Å². The van der Waals surface area contributed by atoms with Crippen LogP contribution < -0.4 is 11.1 Å². The summed E-state index contributed by atoms with van der Waals surface area (Å²) in [6, 6.07) is 1.47. The summed E-state index contributed by atoms with van der Waals surface area (Å²) in [5.41, 5.74) is 7.27. The standard InChI is InChI=1S/C9H12N6O/c1-5-7(4-11-15(5)2)12-9(16)6-3-8(10)14-13-6/h3-4H,1-2H3,(H,12,16)(H3,10,13,14). The highest BCUT2D eigenvalue weighted by atomic mass is 16.1. The Balaban J connectivity index is 2.17. The van der Waals surface area contributed by atoms with Gasteiger partial charge in [-0.15, -0.1) is 0 Å². The number of amides is 1. The Morgan fingerprint density at radius 1 is 1.62 bits per heavy atom. The van der Waals surface area contributed by atoms with E-state index < -0.39 is 0 Å². The van der Waals surface area contributed by atoms with Gasteiger partial charge < -0.3 is 11.1 Å². The number of carbonyl (C=O) groups excluding carboxylic acids is 1. The Kier molecular flexibility index (Phi) is 2.35. The summed E-state index contributed by atoms with van der Waals surface area (Å²) in [5.74, 6) is -0.00615. The van der Waals surface area contributed by atoms with Gasteiger partial charge in [-0.05, 0) is 6.92 Å². The van der Waals surface area contributed by atoms with Gasteiger partial charge in [-0.2, -0.15) is 10.2 Å². The fourth-order valence-corrected chi connectivity index (χ4v) is 1.26. The lowest BCUT2D eigenvalue weighted by atomic mass is 10.3. The Morgan fingerprint density at radius 2 is 2.38 bits per heavy atom. The van der Waals surface area contributed by atoms with Crippen molar-refractivity contribution in [2.24, 2.45) is 7.05 Å². The number of anilines is 2. The largest absolute Gasteiger partial charge is 0.382 e. The molecule has 4 N–H and O–H groups in total. The molecule has 0 aliphatic heterocycles. The first kappa shape index (κ1) is 10.2. The van der Waals surface area contributed by atoms with Crippen LogP contribution in [0.25, 0.3) is 0 Å². The second-order valence-electron chi connectivity index (χ2n) is 3.43. The van der Waals surface area contributed by atoms with E-state index in [9.17, 15) is 4.79 Å². The number of aryl methyl sites for hydroxylation is 1. The van der Waals surface area contributed by atoms with Crippen LogP contribution in [0.15, 0.2) is 12.3 Å². The van der Waals surface area contributed by atoms with Gasteiger partial charge in [-0.25, -0.2) is 0 Å². The van der Waals surface area contributed by atoms with E-state index >= 15 is 0 Å². The van der Waals surface area contributed by atoms with Crippen LogP contribution in [-0.2, 0) is 7.05 Å². The number of aromatic amines is 1. The highest BCUT2D eigenvalue weighted by Crippen LogP contribution is 2.13. The van der Waals surface area contributed by atoms with Crippen molar-refractivity contribution in [1.82, 2.24) is 20.0 Å². The van der Waals surface area contributed by atoms with E-state index in [2.05, 4.69) is 20.6 Å². The van der Waals surface area contributed by atoms with E-state index in [0.29, 0.717) is 11.4 Å². The Hall–Kier alpha value is -2.31. The topological polar surface area (TPSA) is 102 Å². The number of nitrogens with zero attached hydrogens (tertiary/aromatic N) is 3. The number of H-pyrrole nitrogens is 1. The Morgan fingerprint density at radius 3 is 2.88 bits per heavy atom. The van der Waals surface area contributed by atoms with Crippen LogP contribution in [0.3, 0.4) is 0 Å². The second kappa shape index (κ2) is 3.69. The van der Waals surface area contributed by atoms with Gasteiger partial charge in [0.05, 0.1) is 17.6 Å². The van der Waals surface area contributed by atoms with E-state index in [1.165, 1.54) is 6.07 Å². The van der Waals surface area contributed by atoms with Crippen molar-refractivity contribution >= 4 is 17.4 Å². The molecule has 7 nitrogen and oxygen atoms in total. The van der Waals surface area contributed by atoms with Crippen molar-refractivity contribution in [2.75, 3.05) is 11.1 Å². The summed E-state index contributed by atoms with van der Waals surface area (Å²) in [5, 5.41) is 12.9. The van der Waals surface area contributed by atoms with Gasteiger partial charge in [0, 0.05) is 13.1 Å². The molecule has 0 bridgehead atoms. The van der Waals surface area contributed by atoms with Crippen LogP contribution in [0.4, 0.5) is 11.5 Å². The minimum atomic E-state index is -0.291. The molecule has 0 aromatic carbocycles. The lowest BCUT2D eigenvalue weighted by Crippen LogP contribution is -2.12. The number of hydrogen-bond donors (Lipinski definition) is 3. The van der Waals surface area contributed by atoms with E-state index in [4.69, 9.17) is 5.73 Å². The van der Waals surface area contributed by atoms with Crippen LogP contribution in [0.1, 0.15) is 16.2 Å². The van der Waals surface area contributed by atoms with E-state index in [1.54, 1.807) is 17.9 Å². The predicted octanol–water partition coefficient (Wildman–Crippen LogP) is 0.286. The molecule has 1 amide bonds. The van der Waals surface area contributed by atoms with Gasteiger partial charge >= 0.3 is 0 Å². The molecule has 0 saturated heterocycles. The molecule has 2 aromatic rings.